The Morgan fingerprint density at radius 1 is 1.48 bits per heavy atom. The maximum absolute atomic E-state index is 11.5. The number of rotatable bonds is 5. The zero-order valence-electron chi connectivity index (χ0n) is 11.3. The van der Waals surface area contributed by atoms with Crippen LogP contribution in [0.25, 0.3) is 0 Å². The van der Waals surface area contributed by atoms with Gasteiger partial charge in [-0.25, -0.2) is 9.78 Å². The van der Waals surface area contributed by atoms with E-state index in [1.165, 1.54) is 6.07 Å². The molecule has 0 bridgehead atoms. The van der Waals surface area contributed by atoms with Crippen molar-refractivity contribution >= 4 is 33.4 Å². The van der Waals surface area contributed by atoms with Crippen LogP contribution in [-0.4, -0.2) is 27.0 Å². The summed E-state index contributed by atoms with van der Waals surface area (Å²) in [6, 6.07) is 0.588. The minimum atomic E-state index is -0.922. The normalized spacial score (nSPS) is 17.2. The topological polar surface area (TPSA) is 105 Å². The summed E-state index contributed by atoms with van der Waals surface area (Å²) >= 11 is 3.19. The SMILES string of the molecule is O=C(O)C(Nc1ncc([N+](=O)[O-])cc1Br)C1CCCCC1. The molecule has 8 heteroatoms. The van der Waals surface area contributed by atoms with Gasteiger partial charge in [0.25, 0.3) is 5.69 Å². The van der Waals surface area contributed by atoms with Gasteiger partial charge in [-0.05, 0) is 34.7 Å². The fourth-order valence-electron chi connectivity index (χ4n) is 2.63. The molecule has 1 aliphatic carbocycles. The molecule has 21 heavy (non-hydrogen) atoms. The second-order valence-electron chi connectivity index (χ2n) is 5.14. The van der Waals surface area contributed by atoms with Crippen LogP contribution in [0.5, 0.6) is 0 Å². The van der Waals surface area contributed by atoms with Gasteiger partial charge in [0, 0.05) is 6.07 Å². The first-order valence-corrected chi connectivity index (χ1v) is 7.57. The number of hydrogen-bond acceptors (Lipinski definition) is 5. The predicted molar refractivity (Wildman–Crippen MR) is 80.2 cm³/mol. The number of carboxylic acids is 1. The van der Waals surface area contributed by atoms with E-state index in [2.05, 4.69) is 26.2 Å². The number of pyridine rings is 1. The van der Waals surface area contributed by atoms with Gasteiger partial charge in [0.1, 0.15) is 18.1 Å². The van der Waals surface area contributed by atoms with Gasteiger partial charge in [0.05, 0.1) is 9.40 Å². The molecule has 2 N–H and O–H groups in total. The van der Waals surface area contributed by atoms with Crippen LogP contribution in [0.1, 0.15) is 32.1 Å². The Morgan fingerprint density at radius 2 is 2.14 bits per heavy atom. The lowest BCUT2D eigenvalue weighted by Gasteiger charge is -2.28. The number of nitrogens with one attached hydrogen (secondary N) is 1. The molecule has 1 saturated carbocycles. The molecule has 0 amide bonds. The summed E-state index contributed by atoms with van der Waals surface area (Å²) in [5.74, 6) is -0.548. The maximum Gasteiger partial charge on any atom is 0.326 e. The molecule has 1 heterocycles. The zero-order valence-corrected chi connectivity index (χ0v) is 12.9. The lowest BCUT2D eigenvalue weighted by molar-refractivity contribution is -0.385. The third-order valence-electron chi connectivity index (χ3n) is 3.72. The highest BCUT2D eigenvalue weighted by molar-refractivity contribution is 9.10. The molecule has 2 rings (SSSR count). The van der Waals surface area contributed by atoms with Crippen molar-refractivity contribution in [2.45, 2.75) is 38.1 Å². The number of carbonyl (C=O) groups is 1. The van der Waals surface area contributed by atoms with Crippen LogP contribution in [-0.2, 0) is 4.79 Å². The molecule has 114 valence electrons. The van der Waals surface area contributed by atoms with Crippen molar-refractivity contribution in [1.29, 1.82) is 0 Å². The van der Waals surface area contributed by atoms with E-state index in [0.717, 1.165) is 38.3 Å². The average Bonchev–Trinajstić information content (AvgIpc) is 2.46. The lowest BCUT2D eigenvalue weighted by atomic mass is 9.84. The van der Waals surface area contributed by atoms with Crippen LogP contribution in [0.15, 0.2) is 16.7 Å². The van der Waals surface area contributed by atoms with E-state index < -0.39 is 16.9 Å². The van der Waals surface area contributed by atoms with Crippen molar-refractivity contribution < 1.29 is 14.8 Å². The molecule has 7 nitrogen and oxygen atoms in total. The monoisotopic (exact) mass is 357 g/mol. The first-order valence-electron chi connectivity index (χ1n) is 6.78. The number of hydrogen-bond donors (Lipinski definition) is 2. The molecular weight excluding hydrogens is 342 g/mol. The van der Waals surface area contributed by atoms with E-state index in [4.69, 9.17) is 0 Å². The van der Waals surface area contributed by atoms with E-state index in [1.807, 2.05) is 0 Å². The van der Waals surface area contributed by atoms with Gasteiger partial charge in [0.2, 0.25) is 0 Å². The van der Waals surface area contributed by atoms with E-state index >= 15 is 0 Å². The van der Waals surface area contributed by atoms with E-state index in [9.17, 15) is 20.0 Å². The van der Waals surface area contributed by atoms with Gasteiger partial charge in [-0.15, -0.1) is 0 Å². The van der Waals surface area contributed by atoms with Gasteiger partial charge < -0.3 is 10.4 Å². The largest absolute Gasteiger partial charge is 0.480 e. The molecule has 0 radical (unpaired) electrons. The summed E-state index contributed by atoms with van der Waals surface area (Å²) in [4.78, 5) is 25.6. The Kier molecular flexibility index (Phi) is 5.11. The first kappa shape index (κ1) is 15.7. The number of aromatic nitrogens is 1. The quantitative estimate of drug-likeness (QED) is 0.619. The van der Waals surface area contributed by atoms with E-state index in [0.29, 0.717) is 10.3 Å². The van der Waals surface area contributed by atoms with Gasteiger partial charge in [0.15, 0.2) is 0 Å². The van der Waals surface area contributed by atoms with E-state index in [1.54, 1.807) is 0 Å². The van der Waals surface area contributed by atoms with Crippen molar-refractivity contribution in [3.05, 3.63) is 26.9 Å². The Morgan fingerprint density at radius 3 is 2.67 bits per heavy atom. The molecule has 0 aromatic carbocycles. The summed E-state index contributed by atoms with van der Waals surface area (Å²) in [7, 11) is 0. The number of nitrogens with zero attached hydrogens (tertiary/aromatic N) is 2. The second kappa shape index (κ2) is 6.84. The summed E-state index contributed by atoms with van der Waals surface area (Å²) in [6.45, 7) is 0. The number of aliphatic carboxylic acids is 1. The van der Waals surface area contributed by atoms with Gasteiger partial charge in [-0.1, -0.05) is 19.3 Å². The minimum Gasteiger partial charge on any atom is -0.480 e. The smallest absolute Gasteiger partial charge is 0.326 e. The number of carboxylic acid groups (broad SMARTS) is 1. The predicted octanol–water partition coefficient (Wildman–Crippen LogP) is 3.20. The van der Waals surface area contributed by atoms with Crippen molar-refractivity contribution in [1.82, 2.24) is 4.98 Å². The zero-order chi connectivity index (χ0) is 15.4. The van der Waals surface area contributed by atoms with Crippen molar-refractivity contribution in [2.75, 3.05) is 5.32 Å². The minimum absolute atomic E-state index is 0.0557. The molecule has 1 unspecified atom stereocenters. The fraction of sp³-hybridized carbons (Fsp3) is 0.538. The number of halogens is 1. The van der Waals surface area contributed by atoms with Crippen molar-refractivity contribution in [3.8, 4) is 0 Å². The Balaban J connectivity index is 2.16. The molecule has 1 aromatic heterocycles. The number of nitro groups is 1. The third-order valence-corrected chi connectivity index (χ3v) is 4.32. The van der Waals surface area contributed by atoms with Gasteiger partial charge in [-0.3, -0.25) is 10.1 Å². The highest BCUT2D eigenvalue weighted by Crippen LogP contribution is 2.30. The molecule has 0 aliphatic heterocycles. The molecule has 0 saturated heterocycles. The van der Waals surface area contributed by atoms with Crippen LogP contribution in [0.3, 0.4) is 0 Å². The third kappa shape index (κ3) is 3.90. The van der Waals surface area contributed by atoms with E-state index in [-0.39, 0.29) is 11.6 Å². The summed E-state index contributed by atoms with van der Waals surface area (Å²) < 4.78 is 0.388. The highest BCUT2D eigenvalue weighted by atomic mass is 79.9. The van der Waals surface area contributed by atoms with Gasteiger partial charge >= 0.3 is 5.97 Å². The second-order valence-corrected chi connectivity index (χ2v) is 5.99. The average molecular weight is 358 g/mol. The fourth-order valence-corrected chi connectivity index (χ4v) is 3.08. The molecule has 1 aliphatic rings. The summed E-state index contributed by atoms with van der Waals surface area (Å²) in [5, 5.41) is 23.0. The molecular formula is C13H16BrN3O4. The van der Waals surface area contributed by atoms with Crippen molar-refractivity contribution in [2.24, 2.45) is 5.92 Å². The summed E-state index contributed by atoms with van der Waals surface area (Å²) in [6.07, 6.45) is 6.06. The highest BCUT2D eigenvalue weighted by Gasteiger charge is 2.30. The van der Waals surface area contributed by atoms with Crippen molar-refractivity contribution in [3.63, 3.8) is 0 Å². The molecule has 1 aromatic rings. The maximum atomic E-state index is 11.5. The van der Waals surface area contributed by atoms with Crippen LogP contribution in [0.4, 0.5) is 11.5 Å². The first-order chi connectivity index (χ1) is 9.99. The van der Waals surface area contributed by atoms with Crippen LogP contribution in [0.2, 0.25) is 0 Å². The van der Waals surface area contributed by atoms with Crippen LogP contribution < -0.4 is 5.32 Å². The van der Waals surface area contributed by atoms with Crippen LogP contribution >= 0.6 is 15.9 Å². The summed E-state index contributed by atoms with van der Waals surface area (Å²) in [5.41, 5.74) is -0.142. The lowest BCUT2D eigenvalue weighted by Crippen LogP contribution is -2.38. The Bertz CT molecular complexity index is 546. The standard InChI is InChI=1S/C13H16BrN3O4/c14-10-6-9(17(20)21)7-15-12(10)16-11(13(18)19)8-4-2-1-3-5-8/h6-8,11H,1-5H2,(H,15,16)(H,18,19). The Labute approximate surface area is 130 Å². The number of anilines is 1. The Hall–Kier alpha value is -1.70. The molecule has 1 atom stereocenters. The van der Waals surface area contributed by atoms with Crippen LogP contribution in [0, 0.1) is 16.0 Å². The van der Waals surface area contributed by atoms with Gasteiger partial charge in [-0.2, -0.15) is 0 Å². The molecule has 0 spiro atoms. The molecule has 1 fully saturated rings.